The van der Waals surface area contributed by atoms with Crippen molar-refractivity contribution in [1.29, 1.82) is 0 Å². The van der Waals surface area contributed by atoms with Crippen molar-refractivity contribution in [2.24, 2.45) is 5.73 Å². The monoisotopic (exact) mass is 426 g/mol. The predicted molar refractivity (Wildman–Crippen MR) is 97.2 cm³/mol. The standard InChI is InChI=1S/C16H15AsCl2N3O2/c17-12-5-1-9(7-21-12)8-22-13(23)6-3-10-2-4-11(18)15(19)14(10)16(20)24/h1-2,4-7H,3,8,17H2,(H2,20,24)(H,22,23). The molecule has 1 radical (unpaired) electrons. The zero-order valence-electron chi connectivity index (χ0n) is 12.6. The summed E-state index contributed by atoms with van der Waals surface area (Å²) in [6.45, 7) is 0.375. The van der Waals surface area contributed by atoms with E-state index < -0.39 is 5.91 Å². The molecule has 3 N–H and O–H groups in total. The molecule has 0 aliphatic heterocycles. The third-order valence-corrected chi connectivity index (χ3v) is 4.77. The van der Waals surface area contributed by atoms with Gasteiger partial charge in [-0.3, -0.25) is 4.79 Å². The van der Waals surface area contributed by atoms with E-state index in [-0.39, 0.29) is 27.9 Å². The van der Waals surface area contributed by atoms with Crippen molar-refractivity contribution in [1.82, 2.24) is 10.3 Å². The number of aromatic nitrogens is 1. The summed E-state index contributed by atoms with van der Waals surface area (Å²) in [6.07, 6.45) is 3.37. The Bertz CT molecular complexity index is 767. The molecule has 125 valence electrons. The fourth-order valence-corrected chi connectivity index (χ4v) is 2.82. The molecule has 0 aliphatic rings. The van der Waals surface area contributed by atoms with Gasteiger partial charge < -0.3 is 5.73 Å². The van der Waals surface area contributed by atoms with E-state index in [9.17, 15) is 9.59 Å². The van der Waals surface area contributed by atoms with Crippen LogP contribution in [0.2, 0.25) is 10.0 Å². The van der Waals surface area contributed by atoms with Gasteiger partial charge in [0, 0.05) is 0 Å². The summed E-state index contributed by atoms with van der Waals surface area (Å²) in [4.78, 5) is 27.7. The number of carbonyl (C=O) groups is 2. The van der Waals surface area contributed by atoms with Gasteiger partial charge in [0.25, 0.3) is 0 Å². The molecule has 2 amide bonds. The molecule has 24 heavy (non-hydrogen) atoms. The summed E-state index contributed by atoms with van der Waals surface area (Å²) in [5.74, 6) is -0.945. The van der Waals surface area contributed by atoms with Crippen molar-refractivity contribution in [3.05, 3.63) is 63.6 Å². The Morgan fingerprint density at radius 1 is 1.25 bits per heavy atom. The third kappa shape index (κ3) is 4.97. The number of benzene rings is 1. The van der Waals surface area contributed by atoms with Crippen LogP contribution in [0.3, 0.4) is 0 Å². The van der Waals surface area contributed by atoms with Gasteiger partial charge in [-0.15, -0.1) is 0 Å². The van der Waals surface area contributed by atoms with Crippen molar-refractivity contribution in [3.8, 4) is 0 Å². The smallest absolute Gasteiger partial charge is 0.0827 e. The van der Waals surface area contributed by atoms with Gasteiger partial charge in [0.15, 0.2) is 0 Å². The first-order chi connectivity index (χ1) is 11.4. The van der Waals surface area contributed by atoms with E-state index in [2.05, 4.69) is 10.3 Å². The van der Waals surface area contributed by atoms with Crippen LogP contribution in [0.5, 0.6) is 0 Å². The molecule has 5 nitrogen and oxygen atoms in total. The van der Waals surface area contributed by atoms with Crippen molar-refractivity contribution in [2.75, 3.05) is 0 Å². The Hall–Kier alpha value is -1.55. The minimum Gasteiger partial charge on any atom is -0.0827 e. The normalized spacial score (nSPS) is 10.5. The Labute approximate surface area is 158 Å². The van der Waals surface area contributed by atoms with Gasteiger partial charge in [-0.25, -0.2) is 0 Å². The van der Waals surface area contributed by atoms with Crippen LogP contribution < -0.4 is 15.5 Å². The average Bonchev–Trinajstić information content (AvgIpc) is 2.55. The maximum atomic E-state index is 11.9. The molecule has 1 aromatic carbocycles. The van der Waals surface area contributed by atoms with Crippen LogP contribution in [0.25, 0.3) is 0 Å². The summed E-state index contributed by atoms with van der Waals surface area (Å²) < 4.78 is 0.975. The van der Waals surface area contributed by atoms with Crippen LogP contribution in [0.4, 0.5) is 0 Å². The van der Waals surface area contributed by atoms with Crippen molar-refractivity contribution >= 4 is 56.4 Å². The molecule has 0 spiro atoms. The number of nitrogens with one attached hydrogen (secondary N) is 1. The minimum atomic E-state index is -0.682. The number of carbonyl (C=O) groups excluding carboxylic acids is 2. The van der Waals surface area contributed by atoms with Crippen LogP contribution in [0.1, 0.15) is 21.5 Å². The zero-order valence-corrected chi connectivity index (χ0v) is 16.5. The molecule has 1 heterocycles. The van der Waals surface area contributed by atoms with E-state index in [1.165, 1.54) is 23.3 Å². The number of hydrogen-bond donors (Lipinski definition) is 2. The molecule has 1 unspecified atom stereocenters. The predicted octanol–water partition coefficient (Wildman–Crippen LogP) is 0.809. The van der Waals surface area contributed by atoms with E-state index in [1.807, 2.05) is 12.1 Å². The van der Waals surface area contributed by atoms with Gasteiger partial charge in [0.1, 0.15) is 0 Å². The molecule has 1 atom stereocenters. The van der Waals surface area contributed by atoms with Crippen molar-refractivity contribution in [3.63, 3.8) is 0 Å². The molecule has 2 rings (SSSR count). The van der Waals surface area contributed by atoms with E-state index in [0.29, 0.717) is 12.1 Å². The van der Waals surface area contributed by atoms with Gasteiger partial charge in [-0.05, 0) is 0 Å². The Morgan fingerprint density at radius 2 is 2.00 bits per heavy atom. The molecule has 0 saturated heterocycles. The number of amides is 2. The average molecular weight is 427 g/mol. The molecule has 0 bridgehead atoms. The van der Waals surface area contributed by atoms with E-state index >= 15 is 0 Å². The molecular weight excluding hydrogens is 412 g/mol. The Balaban J connectivity index is 1.95. The first-order valence-corrected chi connectivity index (χ1v) is 8.93. The summed E-state index contributed by atoms with van der Waals surface area (Å²) in [5.41, 5.74) is 6.93. The van der Waals surface area contributed by atoms with Gasteiger partial charge >= 0.3 is 120 Å². The number of pyridine rings is 1. The van der Waals surface area contributed by atoms with Crippen LogP contribution in [-0.2, 0) is 17.8 Å². The molecule has 8 heteroatoms. The second-order valence-corrected chi connectivity index (χ2v) is 7.00. The fraction of sp³-hybridized carbons (Fsp3) is 0.125. The van der Waals surface area contributed by atoms with E-state index in [4.69, 9.17) is 28.9 Å². The van der Waals surface area contributed by atoms with Crippen molar-refractivity contribution in [2.45, 2.75) is 13.0 Å². The molecule has 2 aromatic rings. The molecular formula is C16H15AsCl2N3O2. The number of nitrogens with two attached hydrogens (primary N) is 1. The number of hydrogen-bond acceptors (Lipinski definition) is 3. The molecule has 0 saturated carbocycles. The third-order valence-electron chi connectivity index (χ3n) is 3.25. The first kappa shape index (κ1) is 18.8. The second-order valence-electron chi connectivity index (χ2n) is 4.98. The van der Waals surface area contributed by atoms with Crippen molar-refractivity contribution < 1.29 is 9.59 Å². The summed E-state index contributed by atoms with van der Waals surface area (Å²) in [7, 11) is 0. The molecule has 1 aromatic heterocycles. The second kappa shape index (κ2) is 8.52. The van der Waals surface area contributed by atoms with Gasteiger partial charge in [-0.1, -0.05) is 23.2 Å². The molecule has 0 aliphatic carbocycles. The first-order valence-electron chi connectivity index (χ1n) is 6.96. The zero-order chi connectivity index (χ0) is 17.7. The van der Waals surface area contributed by atoms with Gasteiger partial charge in [-0.2, -0.15) is 0 Å². The topological polar surface area (TPSA) is 85.1 Å². The Morgan fingerprint density at radius 3 is 2.62 bits per heavy atom. The number of halogens is 2. The molecule has 0 fully saturated rings. The number of rotatable bonds is 6. The van der Waals surface area contributed by atoms with E-state index in [1.54, 1.807) is 18.3 Å². The number of primary amides is 1. The minimum absolute atomic E-state index is 0.0998. The van der Waals surface area contributed by atoms with Gasteiger partial charge in [0.05, 0.1) is 5.02 Å². The SMILES string of the molecule is NC(=O)c1c(C[CH]C(=O)NCc2ccc([AsH2])nc2)ccc(Cl)c1Cl. The quantitative estimate of drug-likeness (QED) is 0.670. The summed E-state index contributed by atoms with van der Waals surface area (Å²) >= 11 is 13.3. The van der Waals surface area contributed by atoms with E-state index in [0.717, 1.165) is 10.0 Å². The fourth-order valence-electron chi connectivity index (χ4n) is 2.03. The van der Waals surface area contributed by atoms with Crippen LogP contribution >= 0.6 is 23.2 Å². The van der Waals surface area contributed by atoms with Crippen LogP contribution in [-0.4, -0.2) is 33.7 Å². The van der Waals surface area contributed by atoms with Crippen LogP contribution in [0.15, 0.2) is 30.5 Å². The number of nitrogens with zero attached hydrogens (tertiary/aromatic N) is 1. The summed E-state index contributed by atoms with van der Waals surface area (Å²) in [5, 5.41) is 3.10. The summed E-state index contributed by atoms with van der Waals surface area (Å²) in [6, 6.07) is 7.01. The Kier molecular flexibility index (Phi) is 6.67. The maximum absolute atomic E-state index is 11.9. The van der Waals surface area contributed by atoms with Gasteiger partial charge in [0.2, 0.25) is 0 Å². The van der Waals surface area contributed by atoms with Crippen LogP contribution in [0, 0.1) is 6.42 Å².